The molecule has 2 atom stereocenters. The number of para-hydroxylation sites is 1. The van der Waals surface area contributed by atoms with E-state index in [4.69, 9.17) is 11.6 Å². The van der Waals surface area contributed by atoms with Crippen molar-refractivity contribution in [3.05, 3.63) is 76.4 Å². The lowest BCUT2D eigenvalue weighted by Crippen LogP contribution is -2.45. The lowest BCUT2D eigenvalue weighted by atomic mass is 9.92. The molecule has 28 heavy (non-hydrogen) atoms. The van der Waals surface area contributed by atoms with E-state index in [1.165, 1.54) is 0 Å². The van der Waals surface area contributed by atoms with Crippen LogP contribution in [0.5, 0.6) is 0 Å². The number of aliphatic hydroxyl groups is 1. The number of nitrogens with zero attached hydrogens (tertiary/aromatic N) is 1. The second kappa shape index (κ2) is 8.29. The molecular weight excluding hydrogens is 372 g/mol. The summed E-state index contributed by atoms with van der Waals surface area (Å²) in [4.78, 5) is 17.4. The molecule has 3 aromatic rings. The van der Waals surface area contributed by atoms with Gasteiger partial charge in [-0.3, -0.25) is 4.79 Å². The first kappa shape index (κ1) is 18.9. The third-order valence-corrected chi connectivity index (χ3v) is 5.64. The molecule has 2 N–H and O–H groups in total. The second-order valence-electron chi connectivity index (χ2n) is 7.42. The summed E-state index contributed by atoms with van der Waals surface area (Å²) in [7, 11) is 0. The van der Waals surface area contributed by atoms with Crippen molar-refractivity contribution in [2.24, 2.45) is 0 Å². The van der Waals surface area contributed by atoms with Gasteiger partial charge in [-0.15, -0.1) is 0 Å². The van der Waals surface area contributed by atoms with Crippen LogP contribution in [0.2, 0.25) is 5.02 Å². The molecule has 1 aliphatic rings. The molecule has 0 unspecified atom stereocenters. The first-order valence-electron chi connectivity index (χ1n) is 9.72. The third-order valence-electron chi connectivity index (χ3n) is 5.39. The summed E-state index contributed by atoms with van der Waals surface area (Å²) in [5.41, 5.74) is 3.35. The van der Waals surface area contributed by atoms with Gasteiger partial charge >= 0.3 is 0 Å². The monoisotopic (exact) mass is 394 g/mol. The van der Waals surface area contributed by atoms with Gasteiger partial charge in [0.15, 0.2) is 0 Å². The van der Waals surface area contributed by atoms with Gasteiger partial charge in [-0.05, 0) is 54.7 Å². The molecule has 0 spiro atoms. The molecule has 1 fully saturated rings. The van der Waals surface area contributed by atoms with Gasteiger partial charge < -0.3 is 10.4 Å². The number of nitrogens with one attached hydrogen (secondary N) is 1. The molecule has 1 aromatic heterocycles. The normalized spacial score (nSPS) is 19.5. The van der Waals surface area contributed by atoms with Gasteiger partial charge in [-0.1, -0.05) is 54.8 Å². The molecule has 5 heteroatoms. The smallest absolute Gasteiger partial charge is 0.270 e. The van der Waals surface area contributed by atoms with E-state index in [9.17, 15) is 9.90 Å². The first-order valence-corrected chi connectivity index (χ1v) is 10.1. The van der Waals surface area contributed by atoms with Gasteiger partial charge in [-0.2, -0.15) is 0 Å². The molecule has 0 bridgehead atoms. The number of carbonyl (C=O) groups excluding carboxylic acids is 1. The van der Waals surface area contributed by atoms with Crippen molar-refractivity contribution in [2.45, 2.75) is 44.2 Å². The number of carbonyl (C=O) groups is 1. The summed E-state index contributed by atoms with van der Waals surface area (Å²) in [5, 5.41) is 14.9. The Kier molecular flexibility index (Phi) is 5.60. The number of hydrogen-bond acceptors (Lipinski definition) is 3. The molecule has 4 rings (SSSR count). The molecule has 2 aromatic carbocycles. The van der Waals surface area contributed by atoms with E-state index in [1.54, 1.807) is 0 Å². The van der Waals surface area contributed by atoms with Crippen molar-refractivity contribution < 1.29 is 9.90 Å². The molecule has 1 saturated carbocycles. The summed E-state index contributed by atoms with van der Waals surface area (Å²) >= 11 is 6.00. The highest BCUT2D eigenvalue weighted by Crippen LogP contribution is 2.23. The van der Waals surface area contributed by atoms with Crippen molar-refractivity contribution in [1.29, 1.82) is 0 Å². The molecule has 1 amide bonds. The fourth-order valence-corrected chi connectivity index (χ4v) is 3.98. The Morgan fingerprint density at radius 1 is 1.11 bits per heavy atom. The lowest BCUT2D eigenvalue weighted by Gasteiger charge is -2.28. The summed E-state index contributed by atoms with van der Waals surface area (Å²) in [6.07, 6.45) is 3.77. The SMILES string of the molecule is O=C(N[C@H]1CCCC[C@@H]1O)c1cc(Cc2ccc(Cl)cc2)c2ccccc2n1. The Labute approximate surface area is 169 Å². The predicted octanol–water partition coefficient (Wildman–Crippen LogP) is 4.51. The Bertz CT molecular complexity index is 988. The average molecular weight is 395 g/mol. The van der Waals surface area contributed by atoms with Gasteiger partial charge in [0.2, 0.25) is 0 Å². The molecule has 0 radical (unpaired) electrons. The van der Waals surface area contributed by atoms with Gasteiger partial charge in [-0.25, -0.2) is 4.98 Å². The molecule has 0 aliphatic heterocycles. The van der Waals surface area contributed by atoms with Crippen LogP contribution in [0, 0.1) is 0 Å². The topological polar surface area (TPSA) is 62.2 Å². The number of hydrogen-bond donors (Lipinski definition) is 2. The van der Waals surface area contributed by atoms with Crippen LogP contribution in [-0.4, -0.2) is 28.1 Å². The number of aliphatic hydroxyl groups excluding tert-OH is 1. The number of rotatable bonds is 4. The van der Waals surface area contributed by atoms with Crippen LogP contribution in [0.4, 0.5) is 0 Å². The van der Waals surface area contributed by atoms with Gasteiger partial charge in [0, 0.05) is 10.4 Å². The Morgan fingerprint density at radius 2 is 1.86 bits per heavy atom. The van der Waals surface area contributed by atoms with E-state index in [0.717, 1.165) is 47.7 Å². The van der Waals surface area contributed by atoms with Crippen molar-refractivity contribution in [3.63, 3.8) is 0 Å². The number of pyridine rings is 1. The summed E-state index contributed by atoms with van der Waals surface area (Å²) in [6.45, 7) is 0. The molecular formula is C23H23ClN2O2. The number of benzene rings is 2. The zero-order valence-corrected chi connectivity index (χ0v) is 16.3. The minimum atomic E-state index is -0.480. The summed E-state index contributed by atoms with van der Waals surface area (Å²) in [6, 6.07) is 17.3. The molecule has 0 saturated heterocycles. The Balaban J connectivity index is 1.65. The zero-order chi connectivity index (χ0) is 19.5. The summed E-state index contributed by atoms with van der Waals surface area (Å²) < 4.78 is 0. The van der Waals surface area contributed by atoms with Crippen LogP contribution in [0.15, 0.2) is 54.6 Å². The van der Waals surface area contributed by atoms with Gasteiger partial charge in [0.1, 0.15) is 5.69 Å². The van der Waals surface area contributed by atoms with E-state index >= 15 is 0 Å². The summed E-state index contributed by atoms with van der Waals surface area (Å²) in [5.74, 6) is -0.228. The zero-order valence-electron chi connectivity index (χ0n) is 15.6. The van der Waals surface area contributed by atoms with E-state index in [1.807, 2.05) is 54.6 Å². The third kappa shape index (κ3) is 4.18. The molecule has 1 heterocycles. The number of amides is 1. The van der Waals surface area contributed by atoms with Crippen LogP contribution in [0.1, 0.15) is 47.3 Å². The number of fused-ring (bicyclic) bond motifs is 1. The minimum Gasteiger partial charge on any atom is -0.391 e. The first-order chi connectivity index (χ1) is 13.6. The highest BCUT2D eigenvalue weighted by Gasteiger charge is 2.25. The van der Waals surface area contributed by atoms with Crippen molar-refractivity contribution in [3.8, 4) is 0 Å². The lowest BCUT2D eigenvalue weighted by molar-refractivity contribution is 0.0714. The van der Waals surface area contributed by atoms with Crippen molar-refractivity contribution in [2.75, 3.05) is 0 Å². The minimum absolute atomic E-state index is 0.200. The quantitative estimate of drug-likeness (QED) is 0.684. The number of aromatic nitrogens is 1. The van der Waals surface area contributed by atoms with Gasteiger partial charge in [0.05, 0.1) is 17.7 Å². The standard InChI is InChI=1S/C23H23ClN2O2/c24-17-11-9-15(10-12-17)13-16-14-21(25-19-6-2-1-5-18(16)19)23(28)26-20-7-3-4-8-22(20)27/h1-2,5-6,9-12,14,20,22,27H,3-4,7-8,13H2,(H,26,28)/t20-,22-/m0/s1. The van der Waals surface area contributed by atoms with E-state index in [2.05, 4.69) is 10.3 Å². The largest absolute Gasteiger partial charge is 0.391 e. The molecule has 144 valence electrons. The van der Waals surface area contributed by atoms with Crippen LogP contribution in [0.3, 0.4) is 0 Å². The average Bonchev–Trinajstić information content (AvgIpc) is 2.71. The van der Waals surface area contributed by atoms with Crippen molar-refractivity contribution in [1.82, 2.24) is 10.3 Å². The number of halogens is 1. The van der Waals surface area contributed by atoms with E-state index < -0.39 is 6.10 Å². The van der Waals surface area contributed by atoms with Crippen LogP contribution in [0.25, 0.3) is 10.9 Å². The maximum atomic E-state index is 12.8. The Morgan fingerprint density at radius 3 is 2.64 bits per heavy atom. The maximum absolute atomic E-state index is 12.8. The van der Waals surface area contributed by atoms with Gasteiger partial charge in [0.25, 0.3) is 5.91 Å². The fraction of sp³-hybridized carbons (Fsp3) is 0.304. The van der Waals surface area contributed by atoms with Crippen LogP contribution < -0.4 is 5.32 Å². The highest BCUT2D eigenvalue weighted by molar-refractivity contribution is 6.30. The maximum Gasteiger partial charge on any atom is 0.270 e. The van der Waals surface area contributed by atoms with Crippen molar-refractivity contribution >= 4 is 28.4 Å². The fourth-order valence-electron chi connectivity index (χ4n) is 3.85. The molecule has 1 aliphatic carbocycles. The van der Waals surface area contributed by atoms with E-state index in [0.29, 0.717) is 17.1 Å². The Hall–Kier alpha value is -2.43. The predicted molar refractivity (Wildman–Crippen MR) is 112 cm³/mol. The highest BCUT2D eigenvalue weighted by atomic mass is 35.5. The van der Waals surface area contributed by atoms with Crippen LogP contribution >= 0.6 is 11.6 Å². The van der Waals surface area contributed by atoms with Crippen LogP contribution in [-0.2, 0) is 6.42 Å². The second-order valence-corrected chi connectivity index (χ2v) is 7.86. The molecule has 4 nitrogen and oxygen atoms in total. The van der Waals surface area contributed by atoms with E-state index in [-0.39, 0.29) is 11.9 Å².